The number of methoxy groups -OCH3 is 1. The van der Waals surface area contributed by atoms with E-state index < -0.39 is 0 Å². The van der Waals surface area contributed by atoms with Gasteiger partial charge in [-0.1, -0.05) is 25.0 Å². The molecule has 32 heavy (non-hydrogen) atoms. The lowest BCUT2D eigenvalue weighted by Crippen LogP contribution is -2.30. The molecule has 8 heteroatoms. The van der Waals surface area contributed by atoms with Gasteiger partial charge in [0.25, 0.3) is 0 Å². The standard InChI is InChI=1S/C24H32N4O3.HI/c1-4-31-22-15-20(12-13-21(22)30-3)28-24(25-2)26-16-17-8-7-11-19(14-17)27-23(29)18-9-5-6-10-18;/h7-8,11-15,18H,4-6,9-10,16H2,1-3H3,(H,27,29)(H2,25,26,28);1H. The molecule has 3 rings (SSSR count). The molecule has 0 saturated heterocycles. The number of hydrogen-bond donors (Lipinski definition) is 3. The lowest BCUT2D eigenvalue weighted by molar-refractivity contribution is -0.119. The van der Waals surface area contributed by atoms with Crippen molar-refractivity contribution in [2.75, 3.05) is 31.4 Å². The molecule has 0 heterocycles. The van der Waals surface area contributed by atoms with Gasteiger partial charge in [0.1, 0.15) is 0 Å². The zero-order chi connectivity index (χ0) is 22.1. The molecule has 0 unspecified atom stereocenters. The second-order valence-corrected chi connectivity index (χ2v) is 7.52. The molecule has 3 N–H and O–H groups in total. The van der Waals surface area contributed by atoms with Crippen LogP contribution in [-0.2, 0) is 11.3 Å². The molecular weight excluding hydrogens is 519 g/mol. The Kier molecular flexibility index (Phi) is 10.6. The van der Waals surface area contributed by atoms with Crippen molar-refractivity contribution in [2.45, 2.75) is 39.2 Å². The molecule has 1 aliphatic rings. The molecule has 0 radical (unpaired) electrons. The topological polar surface area (TPSA) is 84.0 Å². The van der Waals surface area contributed by atoms with Gasteiger partial charge in [-0.15, -0.1) is 24.0 Å². The van der Waals surface area contributed by atoms with E-state index in [0.29, 0.717) is 30.6 Å². The lowest BCUT2D eigenvalue weighted by Gasteiger charge is -2.15. The molecule has 1 saturated carbocycles. The van der Waals surface area contributed by atoms with Crippen LogP contribution in [0.3, 0.4) is 0 Å². The number of anilines is 2. The first-order valence-corrected chi connectivity index (χ1v) is 10.8. The minimum atomic E-state index is 0. The van der Waals surface area contributed by atoms with Gasteiger partial charge < -0.3 is 25.4 Å². The van der Waals surface area contributed by atoms with Crippen LogP contribution in [0.2, 0.25) is 0 Å². The molecule has 0 atom stereocenters. The molecule has 1 amide bonds. The first kappa shape index (κ1) is 25.8. The van der Waals surface area contributed by atoms with Gasteiger partial charge in [0, 0.05) is 37.0 Å². The molecule has 2 aromatic carbocycles. The fourth-order valence-corrected chi connectivity index (χ4v) is 3.72. The van der Waals surface area contributed by atoms with Crippen molar-refractivity contribution in [2.24, 2.45) is 10.9 Å². The summed E-state index contributed by atoms with van der Waals surface area (Å²) < 4.78 is 11.0. The van der Waals surface area contributed by atoms with Crippen LogP contribution in [0.5, 0.6) is 11.5 Å². The van der Waals surface area contributed by atoms with Crippen molar-refractivity contribution < 1.29 is 14.3 Å². The molecular formula is C24H33IN4O3. The molecule has 2 aromatic rings. The maximum absolute atomic E-state index is 12.4. The number of carbonyl (C=O) groups excluding carboxylic acids is 1. The smallest absolute Gasteiger partial charge is 0.227 e. The Morgan fingerprint density at radius 2 is 1.81 bits per heavy atom. The first-order chi connectivity index (χ1) is 15.1. The maximum Gasteiger partial charge on any atom is 0.227 e. The number of amides is 1. The van der Waals surface area contributed by atoms with Crippen molar-refractivity contribution in [3.05, 3.63) is 48.0 Å². The van der Waals surface area contributed by atoms with Crippen LogP contribution >= 0.6 is 24.0 Å². The first-order valence-electron chi connectivity index (χ1n) is 10.8. The SMILES string of the molecule is CCOc1cc(NC(=NC)NCc2cccc(NC(=O)C3CCCC3)c2)ccc1OC.I. The quantitative estimate of drug-likeness (QED) is 0.243. The van der Waals surface area contributed by atoms with Gasteiger partial charge in [-0.05, 0) is 49.6 Å². The highest BCUT2D eigenvalue weighted by atomic mass is 127. The van der Waals surface area contributed by atoms with Gasteiger partial charge in [-0.3, -0.25) is 9.79 Å². The number of hydrogen-bond acceptors (Lipinski definition) is 4. The van der Waals surface area contributed by atoms with Crippen molar-refractivity contribution >= 4 is 47.2 Å². The van der Waals surface area contributed by atoms with Gasteiger partial charge in [-0.2, -0.15) is 0 Å². The van der Waals surface area contributed by atoms with Gasteiger partial charge in [-0.25, -0.2) is 0 Å². The Morgan fingerprint density at radius 3 is 2.50 bits per heavy atom. The molecule has 0 spiro atoms. The minimum absolute atomic E-state index is 0. The third-order valence-electron chi connectivity index (χ3n) is 5.33. The van der Waals surface area contributed by atoms with Crippen LogP contribution in [0.15, 0.2) is 47.5 Å². The molecule has 1 fully saturated rings. The summed E-state index contributed by atoms with van der Waals surface area (Å²) in [5.74, 6) is 2.27. The van der Waals surface area contributed by atoms with E-state index >= 15 is 0 Å². The number of benzene rings is 2. The monoisotopic (exact) mass is 552 g/mol. The van der Waals surface area contributed by atoms with Crippen LogP contribution in [0.4, 0.5) is 11.4 Å². The van der Waals surface area contributed by atoms with Gasteiger partial charge in [0.15, 0.2) is 17.5 Å². The van der Waals surface area contributed by atoms with Crippen LogP contribution in [0, 0.1) is 5.92 Å². The number of rotatable bonds is 8. The summed E-state index contributed by atoms with van der Waals surface area (Å²) in [5, 5.41) is 9.63. The van der Waals surface area contributed by atoms with E-state index in [1.807, 2.05) is 49.4 Å². The van der Waals surface area contributed by atoms with Crippen LogP contribution in [0.25, 0.3) is 0 Å². The Hall–Kier alpha value is -2.49. The maximum atomic E-state index is 12.4. The zero-order valence-corrected chi connectivity index (χ0v) is 21.3. The highest BCUT2D eigenvalue weighted by Gasteiger charge is 2.22. The van der Waals surface area contributed by atoms with E-state index in [2.05, 4.69) is 20.9 Å². The van der Waals surface area contributed by atoms with E-state index in [4.69, 9.17) is 9.47 Å². The molecule has 7 nitrogen and oxygen atoms in total. The number of guanidine groups is 1. The zero-order valence-electron chi connectivity index (χ0n) is 18.9. The lowest BCUT2D eigenvalue weighted by atomic mass is 10.1. The molecule has 0 aliphatic heterocycles. The normalized spacial score (nSPS) is 13.8. The number of nitrogens with one attached hydrogen (secondary N) is 3. The van der Waals surface area contributed by atoms with E-state index in [-0.39, 0.29) is 35.8 Å². The second kappa shape index (κ2) is 13.1. The highest BCUT2D eigenvalue weighted by molar-refractivity contribution is 14.0. The highest BCUT2D eigenvalue weighted by Crippen LogP contribution is 2.30. The van der Waals surface area contributed by atoms with E-state index in [1.54, 1.807) is 14.2 Å². The van der Waals surface area contributed by atoms with Crippen LogP contribution < -0.4 is 25.4 Å². The van der Waals surface area contributed by atoms with E-state index in [1.165, 1.54) is 0 Å². The third kappa shape index (κ3) is 7.29. The summed E-state index contributed by atoms with van der Waals surface area (Å²) >= 11 is 0. The summed E-state index contributed by atoms with van der Waals surface area (Å²) in [6.45, 7) is 3.06. The summed E-state index contributed by atoms with van der Waals surface area (Å²) in [7, 11) is 3.34. The number of nitrogens with zero attached hydrogens (tertiary/aromatic N) is 1. The predicted octanol–water partition coefficient (Wildman–Crippen LogP) is 5.03. The van der Waals surface area contributed by atoms with Crippen molar-refractivity contribution in [1.82, 2.24) is 5.32 Å². The Balaban J connectivity index is 0.00000363. The fourth-order valence-electron chi connectivity index (χ4n) is 3.72. The second-order valence-electron chi connectivity index (χ2n) is 7.52. The molecule has 1 aliphatic carbocycles. The van der Waals surface area contributed by atoms with Gasteiger partial charge in [0.05, 0.1) is 13.7 Å². The average molecular weight is 552 g/mol. The summed E-state index contributed by atoms with van der Waals surface area (Å²) in [5.41, 5.74) is 2.72. The molecule has 0 bridgehead atoms. The van der Waals surface area contributed by atoms with Gasteiger partial charge >= 0.3 is 0 Å². The van der Waals surface area contributed by atoms with E-state index in [9.17, 15) is 4.79 Å². The summed E-state index contributed by atoms with van der Waals surface area (Å²) in [6, 6.07) is 13.5. The number of aliphatic imine (C=N–C) groups is 1. The van der Waals surface area contributed by atoms with Crippen molar-refractivity contribution in [3.63, 3.8) is 0 Å². The average Bonchev–Trinajstić information content (AvgIpc) is 3.32. The van der Waals surface area contributed by atoms with Crippen molar-refractivity contribution in [1.29, 1.82) is 0 Å². The number of halogens is 1. The van der Waals surface area contributed by atoms with Crippen LogP contribution in [-0.4, -0.2) is 32.6 Å². The summed E-state index contributed by atoms with van der Waals surface area (Å²) in [4.78, 5) is 16.7. The van der Waals surface area contributed by atoms with Gasteiger partial charge in [0.2, 0.25) is 5.91 Å². The van der Waals surface area contributed by atoms with Crippen molar-refractivity contribution in [3.8, 4) is 11.5 Å². The Labute approximate surface area is 207 Å². The third-order valence-corrected chi connectivity index (χ3v) is 5.33. The number of carbonyl (C=O) groups is 1. The largest absolute Gasteiger partial charge is 0.493 e. The fraction of sp³-hybridized carbons (Fsp3) is 0.417. The summed E-state index contributed by atoms with van der Waals surface area (Å²) in [6.07, 6.45) is 4.28. The molecule has 174 valence electrons. The number of ether oxygens (including phenoxy) is 2. The minimum Gasteiger partial charge on any atom is -0.493 e. The van der Waals surface area contributed by atoms with E-state index in [0.717, 1.165) is 42.6 Å². The Morgan fingerprint density at radius 1 is 1.06 bits per heavy atom. The molecule has 0 aromatic heterocycles. The van der Waals surface area contributed by atoms with Crippen LogP contribution in [0.1, 0.15) is 38.2 Å². The predicted molar refractivity (Wildman–Crippen MR) is 140 cm³/mol. The Bertz CT molecular complexity index is 914.